The molecule has 0 saturated carbocycles. The highest BCUT2D eigenvalue weighted by Gasteiger charge is 2.09. The number of methoxy groups -OCH3 is 2. The number of anilines is 2. The maximum absolute atomic E-state index is 5.25. The van der Waals surface area contributed by atoms with Crippen molar-refractivity contribution in [2.24, 2.45) is 0 Å². The van der Waals surface area contributed by atoms with Crippen LogP contribution in [-0.4, -0.2) is 45.3 Å². The molecule has 1 N–H and O–H groups in total. The van der Waals surface area contributed by atoms with Gasteiger partial charge in [0.25, 0.3) is 0 Å². The molecule has 0 unspecified atom stereocenters. The zero-order valence-electron chi connectivity index (χ0n) is 22.6. The first-order chi connectivity index (χ1) is 19.0. The van der Waals surface area contributed by atoms with Crippen molar-refractivity contribution in [1.82, 2.24) is 9.97 Å². The van der Waals surface area contributed by atoms with Crippen LogP contribution in [-0.2, 0) is 0 Å². The molecule has 4 aromatic carbocycles. The molecule has 0 atom stereocenters. The van der Waals surface area contributed by atoms with E-state index < -0.39 is 0 Å². The predicted octanol–water partition coefficient (Wildman–Crippen LogP) is 8.05. The number of hydrogen-bond donors (Lipinski definition) is 1. The second-order valence-electron chi connectivity index (χ2n) is 8.97. The van der Waals surface area contributed by atoms with Crippen LogP contribution in [0, 0.1) is 0 Å². The van der Waals surface area contributed by atoms with E-state index in [0.29, 0.717) is 0 Å². The Morgan fingerprint density at radius 3 is 1.51 bits per heavy atom. The van der Waals surface area contributed by atoms with Crippen molar-refractivity contribution < 1.29 is 9.47 Å². The maximum atomic E-state index is 5.25. The molecule has 0 aliphatic heterocycles. The molecule has 39 heavy (non-hydrogen) atoms. The number of fused-ring (bicyclic) bond motifs is 2. The molecule has 0 amide bonds. The van der Waals surface area contributed by atoms with Crippen molar-refractivity contribution in [1.29, 1.82) is 0 Å². The van der Waals surface area contributed by atoms with Crippen LogP contribution in [0.3, 0.4) is 0 Å². The lowest BCUT2D eigenvalue weighted by atomic mass is 10.2. The zero-order valence-corrected chi connectivity index (χ0v) is 24.2. The third-order valence-corrected chi connectivity index (χ3v) is 8.38. The summed E-state index contributed by atoms with van der Waals surface area (Å²) >= 11 is 3.37. The van der Waals surface area contributed by atoms with Gasteiger partial charge in [-0.3, -0.25) is 0 Å². The zero-order chi connectivity index (χ0) is 27.4. The number of benzene rings is 4. The quantitative estimate of drug-likeness (QED) is 0.225. The lowest BCUT2D eigenvalue weighted by molar-refractivity contribution is 0.415. The number of nitrogens with one attached hydrogen (secondary N) is 1. The fraction of sp³-hybridized carbons (Fsp3) is 0.161. The normalized spacial score (nSPS) is 10.7. The van der Waals surface area contributed by atoms with Crippen molar-refractivity contribution in [2.45, 2.75) is 0 Å². The second-order valence-corrected chi connectivity index (χ2v) is 11.0. The maximum Gasteiger partial charge on any atom is 0.124 e. The number of nitrogens with zero attached hydrogens (tertiary/aromatic N) is 3. The monoisotopic (exact) mass is 553 g/mol. The van der Waals surface area contributed by atoms with Crippen LogP contribution in [0.5, 0.6) is 11.5 Å². The van der Waals surface area contributed by atoms with Gasteiger partial charge in [-0.05, 0) is 84.9 Å². The van der Waals surface area contributed by atoms with Gasteiger partial charge >= 0.3 is 0 Å². The fourth-order valence-electron chi connectivity index (χ4n) is 3.99. The summed E-state index contributed by atoms with van der Waals surface area (Å²) in [6, 6.07) is 28.7. The van der Waals surface area contributed by atoms with Crippen LogP contribution < -0.4 is 19.7 Å². The highest BCUT2D eigenvalue weighted by Crippen LogP contribution is 2.34. The second kappa shape index (κ2) is 11.7. The fourth-order valence-corrected chi connectivity index (χ4v) is 5.99. The minimum absolute atomic E-state index is 0.869. The van der Waals surface area contributed by atoms with Gasteiger partial charge in [-0.15, -0.1) is 22.7 Å². The van der Waals surface area contributed by atoms with Gasteiger partial charge in [-0.1, -0.05) is 0 Å². The Morgan fingerprint density at radius 1 is 0.641 bits per heavy atom. The standard InChI is InChI=1S/C16H16N2OS.C15H14N2OS/c1-18(2)12-6-4-11(5-7-12)16-17-14-9-8-13(19-3)10-15(14)20-16;1-16-11-5-3-10(4-6-11)15-17-13-8-7-12(18-2)9-14(13)19-15/h4-10H,1-3H3;3-9,16H,1-2H3/i1-1;. The highest BCUT2D eigenvalue weighted by molar-refractivity contribution is 7.22. The highest BCUT2D eigenvalue weighted by atomic mass is 32.1. The van der Waals surface area contributed by atoms with Gasteiger partial charge in [-0.25, -0.2) is 9.97 Å². The van der Waals surface area contributed by atoms with E-state index in [1.807, 2.05) is 57.5 Å². The molecule has 198 valence electrons. The Balaban J connectivity index is 0.000000158. The first-order valence-corrected chi connectivity index (χ1v) is 14.1. The molecule has 2 heterocycles. The van der Waals surface area contributed by atoms with Gasteiger partial charge in [0, 0.05) is 43.6 Å². The molecule has 2 aromatic heterocycles. The van der Waals surface area contributed by atoms with Crippen LogP contribution in [0.4, 0.5) is 11.4 Å². The van der Waals surface area contributed by atoms with Crippen molar-refractivity contribution in [3.8, 4) is 32.6 Å². The largest absolute Gasteiger partial charge is 0.497 e. The summed E-state index contributed by atoms with van der Waals surface area (Å²) in [5.74, 6) is 1.74. The first kappa shape index (κ1) is 26.5. The third-order valence-electron chi connectivity index (χ3n) is 6.24. The van der Waals surface area contributed by atoms with Gasteiger partial charge in [0.15, 0.2) is 0 Å². The van der Waals surface area contributed by atoms with E-state index in [1.165, 1.54) is 5.69 Å². The van der Waals surface area contributed by atoms with Crippen molar-refractivity contribution in [3.05, 3.63) is 84.9 Å². The smallest absolute Gasteiger partial charge is 0.124 e. The average molecular weight is 554 g/mol. The molecule has 8 heteroatoms. The summed E-state index contributed by atoms with van der Waals surface area (Å²) in [6.07, 6.45) is 0. The number of thiazole rings is 2. The van der Waals surface area contributed by atoms with E-state index >= 15 is 0 Å². The molecule has 6 aromatic rings. The molecule has 0 radical (unpaired) electrons. The summed E-state index contributed by atoms with van der Waals surface area (Å²) in [7, 11) is 9.36. The topological polar surface area (TPSA) is 59.5 Å². The number of aromatic nitrogens is 2. The van der Waals surface area contributed by atoms with E-state index in [9.17, 15) is 0 Å². The molecule has 0 aliphatic rings. The summed E-state index contributed by atoms with van der Waals surface area (Å²) < 4.78 is 12.8. The lowest BCUT2D eigenvalue weighted by Crippen LogP contribution is -2.07. The van der Waals surface area contributed by atoms with Gasteiger partial charge in [0.1, 0.15) is 21.5 Å². The number of rotatable bonds is 6. The lowest BCUT2D eigenvalue weighted by Gasteiger charge is -2.11. The van der Waals surface area contributed by atoms with E-state index in [0.717, 1.165) is 58.8 Å². The van der Waals surface area contributed by atoms with Gasteiger partial charge in [0.2, 0.25) is 0 Å². The average Bonchev–Trinajstić information content (AvgIpc) is 3.61. The molecular formula is C31H30N4O2S2. The Kier molecular flexibility index (Phi) is 7.95. The first-order valence-electron chi connectivity index (χ1n) is 12.4. The van der Waals surface area contributed by atoms with Gasteiger partial charge in [0.05, 0.1) is 34.7 Å². The van der Waals surface area contributed by atoms with Crippen molar-refractivity contribution in [2.75, 3.05) is 45.6 Å². The van der Waals surface area contributed by atoms with Crippen LogP contribution in [0.15, 0.2) is 84.9 Å². The predicted molar refractivity (Wildman–Crippen MR) is 167 cm³/mol. The van der Waals surface area contributed by atoms with E-state index in [2.05, 4.69) is 68.7 Å². The Bertz CT molecular complexity index is 1690. The Hall–Kier alpha value is -4.14. The number of ether oxygens (including phenoxy) is 2. The molecule has 0 aliphatic carbocycles. The Morgan fingerprint density at radius 2 is 1.10 bits per heavy atom. The minimum atomic E-state index is 0.869. The van der Waals surface area contributed by atoms with Gasteiger partial charge < -0.3 is 19.7 Å². The van der Waals surface area contributed by atoms with E-state index in [1.54, 1.807) is 36.9 Å². The Labute approximate surface area is 236 Å². The third kappa shape index (κ3) is 5.97. The van der Waals surface area contributed by atoms with E-state index in [4.69, 9.17) is 9.47 Å². The molecule has 6 rings (SSSR count). The van der Waals surface area contributed by atoms with Crippen molar-refractivity contribution >= 4 is 54.5 Å². The SMILES string of the molecule is CNc1ccc(-c2nc3ccc(OC)cc3s2)cc1.COc1ccc2nc(-c3ccc(N(C)[11CH3])cc3)sc2c1. The van der Waals surface area contributed by atoms with Crippen LogP contribution in [0.2, 0.25) is 0 Å². The molecule has 6 nitrogen and oxygen atoms in total. The minimum Gasteiger partial charge on any atom is -0.497 e. The number of hydrogen-bond acceptors (Lipinski definition) is 8. The molecule has 0 spiro atoms. The summed E-state index contributed by atoms with van der Waals surface area (Å²) in [5, 5.41) is 5.19. The molecule has 0 fully saturated rings. The van der Waals surface area contributed by atoms with Crippen LogP contribution >= 0.6 is 22.7 Å². The molecular weight excluding hydrogens is 524 g/mol. The molecule has 0 saturated heterocycles. The van der Waals surface area contributed by atoms with Crippen LogP contribution in [0.1, 0.15) is 0 Å². The summed E-state index contributed by atoms with van der Waals surface area (Å²) in [6.45, 7) is 0. The van der Waals surface area contributed by atoms with E-state index in [-0.39, 0.29) is 0 Å². The van der Waals surface area contributed by atoms with Gasteiger partial charge in [-0.2, -0.15) is 0 Å². The molecule has 0 bridgehead atoms. The summed E-state index contributed by atoms with van der Waals surface area (Å²) in [5.41, 5.74) is 6.61. The summed E-state index contributed by atoms with van der Waals surface area (Å²) in [4.78, 5) is 11.4. The van der Waals surface area contributed by atoms with Crippen molar-refractivity contribution in [3.63, 3.8) is 0 Å². The van der Waals surface area contributed by atoms with Crippen LogP contribution in [0.25, 0.3) is 41.6 Å².